The highest BCUT2D eigenvalue weighted by Crippen LogP contribution is 2.27. The number of aromatic nitrogens is 2. The summed E-state index contributed by atoms with van der Waals surface area (Å²) in [6.07, 6.45) is 1.46. The number of nitrogens with zero attached hydrogens (tertiary/aromatic N) is 2. The molecule has 0 unspecified atom stereocenters. The first kappa shape index (κ1) is 16.0. The molecule has 1 amide bonds. The fourth-order valence-corrected chi connectivity index (χ4v) is 2.45. The molecule has 0 saturated carbocycles. The van der Waals surface area contributed by atoms with Gasteiger partial charge < -0.3 is 15.4 Å². The van der Waals surface area contributed by atoms with Gasteiger partial charge in [-0.15, -0.1) is 0 Å². The highest BCUT2D eigenvalue weighted by atomic mass is 35.5. The quantitative estimate of drug-likeness (QED) is 0.743. The number of methoxy groups -OCH3 is 1. The summed E-state index contributed by atoms with van der Waals surface area (Å²) < 4.78 is 5.21. The number of carbonyl (C=O) groups is 1. The number of fused-ring (bicyclic) bond motifs is 1. The predicted octanol–water partition coefficient (Wildman–Crippen LogP) is 3.34. The van der Waals surface area contributed by atoms with Gasteiger partial charge in [0.1, 0.15) is 17.9 Å². The molecule has 0 saturated heterocycles. The van der Waals surface area contributed by atoms with Gasteiger partial charge in [0.05, 0.1) is 24.9 Å². The first-order valence-corrected chi connectivity index (χ1v) is 7.62. The molecule has 0 aliphatic rings. The molecule has 122 valence electrons. The lowest BCUT2D eigenvalue weighted by molar-refractivity contribution is -0.114. The van der Waals surface area contributed by atoms with Gasteiger partial charge in [-0.25, -0.2) is 9.97 Å². The van der Waals surface area contributed by atoms with E-state index in [0.717, 1.165) is 10.9 Å². The zero-order valence-corrected chi connectivity index (χ0v) is 13.7. The Hall–Kier alpha value is -2.86. The largest absolute Gasteiger partial charge is 0.495 e. The third kappa shape index (κ3) is 3.55. The number of nitrogens with one attached hydrogen (secondary N) is 2. The maximum absolute atomic E-state index is 12.2. The molecule has 0 bridgehead atoms. The van der Waals surface area contributed by atoms with Crippen LogP contribution >= 0.6 is 11.6 Å². The lowest BCUT2D eigenvalue weighted by Gasteiger charge is -2.12. The van der Waals surface area contributed by atoms with Crippen LogP contribution in [-0.2, 0) is 4.79 Å². The van der Waals surface area contributed by atoms with Crippen LogP contribution in [0.5, 0.6) is 5.75 Å². The van der Waals surface area contributed by atoms with Crippen molar-refractivity contribution in [3.63, 3.8) is 0 Å². The van der Waals surface area contributed by atoms with Crippen molar-refractivity contribution in [2.24, 2.45) is 0 Å². The van der Waals surface area contributed by atoms with Crippen LogP contribution in [0.25, 0.3) is 10.9 Å². The van der Waals surface area contributed by atoms with Crippen LogP contribution in [0.4, 0.5) is 11.5 Å². The molecule has 1 aromatic heterocycles. The summed E-state index contributed by atoms with van der Waals surface area (Å²) >= 11 is 5.96. The van der Waals surface area contributed by atoms with Crippen LogP contribution in [0.15, 0.2) is 48.8 Å². The second kappa shape index (κ2) is 7.14. The smallest absolute Gasteiger partial charge is 0.243 e. The molecular formula is C17H15ClN4O2. The van der Waals surface area contributed by atoms with Crippen LogP contribution in [-0.4, -0.2) is 29.5 Å². The number of carbonyl (C=O) groups excluding carboxylic acids is 1. The van der Waals surface area contributed by atoms with Crippen LogP contribution < -0.4 is 15.4 Å². The van der Waals surface area contributed by atoms with Crippen LogP contribution in [0, 0.1) is 0 Å². The molecular weight excluding hydrogens is 328 g/mol. The van der Waals surface area contributed by atoms with Crippen molar-refractivity contribution in [1.29, 1.82) is 0 Å². The SMILES string of the molecule is COc1ccc(Cl)cc1NC(=O)CNc1ncnc2ccccc12. The van der Waals surface area contributed by atoms with E-state index in [1.807, 2.05) is 24.3 Å². The Morgan fingerprint density at radius 2 is 2.04 bits per heavy atom. The number of para-hydroxylation sites is 1. The Morgan fingerprint density at radius 3 is 2.88 bits per heavy atom. The highest BCUT2D eigenvalue weighted by molar-refractivity contribution is 6.31. The molecule has 6 nitrogen and oxygen atoms in total. The van der Waals surface area contributed by atoms with Gasteiger partial charge in [-0.1, -0.05) is 23.7 Å². The van der Waals surface area contributed by atoms with Gasteiger partial charge in [0.15, 0.2) is 0 Å². The fraction of sp³-hybridized carbons (Fsp3) is 0.118. The van der Waals surface area contributed by atoms with E-state index in [2.05, 4.69) is 20.6 Å². The van der Waals surface area contributed by atoms with E-state index in [9.17, 15) is 4.79 Å². The molecule has 24 heavy (non-hydrogen) atoms. The standard InChI is InChI=1S/C17H15ClN4O2/c1-24-15-7-6-11(18)8-14(15)22-16(23)9-19-17-12-4-2-3-5-13(12)20-10-21-17/h2-8,10H,9H2,1H3,(H,22,23)(H,19,20,21). The van der Waals surface area contributed by atoms with Crippen molar-refractivity contribution in [2.75, 3.05) is 24.3 Å². The summed E-state index contributed by atoms with van der Waals surface area (Å²) in [4.78, 5) is 20.6. The molecule has 0 aliphatic carbocycles. The zero-order valence-electron chi connectivity index (χ0n) is 12.9. The number of benzene rings is 2. The lowest BCUT2D eigenvalue weighted by atomic mass is 10.2. The van der Waals surface area contributed by atoms with Gasteiger partial charge in [0.2, 0.25) is 5.91 Å². The van der Waals surface area contributed by atoms with Gasteiger partial charge in [-0.2, -0.15) is 0 Å². The van der Waals surface area contributed by atoms with Gasteiger partial charge >= 0.3 is 0 Å². The molecule has 2 N–H and O–H groups in total. The summed E-state index contributed by atoms with van der Waals surface area (Å²) in [5.74, 6) is 0.910. The monoisotopic (exact) mass is 342 g/mol. The molecule has 7 heteroatoms. The number of hydrogen-bond donors (Lipinski definition) is 2. The average Bonchev–Trinajstić information content (AvgIpc) is 2.60. The summed E-state index contributed by atoms with van der Waals surface area (Å²) in [5.41, 5.74) is 1.33. The lowest BCUT2D eigenvalue weighted by Crippen LogP contribution is -2.22. The maximum atomic E-state index is 12.2. The number of ether oxygens (including phenoxy) is 1. The van der Waals surface area contributed by atoms with Crippen molar-refractivity contribution < 1.29 is 9.53 Å². The Bertz CT molecular complexity index is 880. The Labute approximate surface area is 143 Å². The van der Waals surface area contributed by atoms with Gasteiger partial charge in [0.25, 0.3) is 0 Å². The van der Waals surface area contributed by atoms with E-state index < -0.39 is 0 Å². The van der Waals surface area contributed by atoms with Crippen LogP contribution in [0.1, 0.15) is 0 Å². The number of anilines is 2. The Balaban J connectivity index is 1.71. The third-order valence-electron chi connectivity index (χ3n) is 3.39. The van der Waals surface area contributed by atoms with Crippen molar-refractivity contribution in [2.45, 2.75) is 0 Å². The van der Waals surface area contributed by atoms with E-state index in [1.54, 1.807) is 18.2 Å². The minimum absolute atomic E-state index is 0.0523. The van der Waals surface area contributed by atoms with Gasteiger partial charge in [0, 0.05) is 10.4 Å². The van der Waals surface area contributed by atoms with Gasteiger partial charge in [-0.05, 0) is 30.3 Å². The van der Waals surface area contributed by atoms with Crippen molar-refractivity contribution in [3.05, 3.63) is 53.8 Å². The number of rotatable bonds is 5. The molecule has 2 aromatic carbocycles. The van der Waals surface area contributed by atoms with Gasteiger partial charge in [-0.3, -0.25) is 4.79 Å². The first-order chi connectivity index (χ1) is 11.7. The predicted molar refractivity (Wildman–Crippen MR) is 94.7 cm³/mol. The van der Waals surface area contributed by atoms with E-state index >= 15 is 0 Å². The number of hydrogen-bond acceptors (Lipinski definition) is 5. The molecule has 0 radical (unpaired) electrons. The fourth-order valence-electron chi connectivity index (χ4n) is 2.28. The second-order valence-corrected chi connectivity index (χ2v) is 5.42. The summed E-state index contributed by atoms with van der Waals surface area (Å²) in [6, 6.07) is 12.6. The summed E-state index contributed by atoms with van der Waals surface area (Å²) in [5, 5.41) is 7.16. The van der Waals surface area contributed by atoms with Crippen LogP contribution in [0.3, 0.4) is 0 Å². The van der Waals surface area contributed by atoms with Crippen LogP contribution in [0.2, 0.25) is 5.02 Å². The third-order valence-corrected chi connectivity index (χ3v) is 3.63. The first-order valence-electron chi connectivity index (χ1n) is 7.24. The van der Waals surface area contributed by atoms with Crippen molar-refractivity contribution >= 4 is 39.9 Å². The van der Waals surface area contributed by atoms with E-state index in [-0.39, 0.29) is 12.5 Å². The van der Waals surface area contributed by atoms with Crippen molar-refractivity contribution in [3.8, 4) is 5.75 Å². The Kier molecular flexibility index (Phi) is 4.77. The minimum Gasteiger partial charge on any atom is -0.495 e. The number of amides is 1. The summed E-state index contributed by atoms with van der Waals surface area (Å²) in [7, 11) is 1.53. The molecule has 0 spiro atoms. The molecule has 0 atom stereocenters. The molecule has 1 heterocycles. The molecule has 3 rings (SSSR count). The maximum Gasteiger partial charge on any atom is 0.243 e. The second-order valence-electron chi connectivity index (χ2n) is 4.99. The van der Waals surface area contributed by atoms with E-state index in [0.29, 0.717) is 22.3 Å². The van der Waals surface area contributed by atoms with E-state index in [1.165, 1.54) is 13.4 Å². The highest BCUT2D eigenvalue weighted by Gasteiger charge is 2.09. The number of halogens is 1. The molecule has 0 fully saturated rings. The van der Waals surface area contributed by atoms with E-state index in [4.69, 9.17) is 16.3 Å². The average molecular weight is 343 g/mol. The summed E-state index contributed by atoms with van der Waals surface area (Å²) in [6.45, 7) is 0.0523. The molecule has 0 aliphatic heterocycles. The van der Waals surface area contributed by atoms with Crippen molar-refractivity contribution in [1.82, 2.24) is 9.97 Å². The minimum atomic E-state index is -0.238. The normalized spacial score (nSPS) is 10.4. The molecule has 3 aromatic rings. The topological polar surface area (TPSA) is 76.1 Å². The Morgan fingerprint density at radius 1 is 1.21 bits per heavy atom. The zero-order chi connectivity index (χ0) is 16.9.